The highest BCUT2D eigenvalue weighted by molar-refractivity contribution is 6.30. The van der Waals surface area contributed by atoms with Crippen molar-refractivity contribution in [1.82, 2.24) is 0 Å². The fourth-order valence-electron chi connectivity index (χ4n) is 1.72. The Kier molecular flexibility index (Phi) is 5.38. The van der Waals surface area contributed by atoms with Crippen LogP contribution in [0.4, 0.5) is 11.4 Å². The van der Waals surface area contributed by atoms with Crippen LogP contribution in [0.5, 0.6) is 5.75 Å². The van der Waals surface area contributed by atoms with Crippen molar-refractivity contribution in [2.45, 2.75) is 6.92 Å². The minimum absolute atomic E-state index is 0.109. The maximum absolute atomic E-state index is 11.8. The molecule has 0 aliphatic carbocycles. The molecule has 2 aromatic rings. The van der Waals surface area contributed by atoms with Crippen LogP contribution in [0.1, 0.15) is 6.92 Å². The third-order valence-electron chi connectivity index (χ3n) is 2.67. The number of benzene rings is 2. The van der Waals surface area contributed by atoms with Gasteiger partial charge in [-0.2, -0.15) is 0 Å². The standard InChI is InChI=1S/C16H15ClN2O3/c1-11(20)18-13-6-8-15(9-7-13)22-10-16(21)19-14-4-2-12(17)3-5-14/h2-9H,10H2,1H3,(H,18,20)(H,19,21). The number of halogens is 1. The molecule has 0 aliphatic rings. The summed E-state index contributed by atoms with van der Waals surface area (Å²) in [4.78, 5) is 22.7. The van der Waals surface area contributed by atoms with Gasteiger partial charge in [0.05, 0.1) is 0 Å². The topological polar surface area (TPSA) is 67.4 Å². The third kappa shape index (κ3) is 5.10. The maximum atomic E-state index is 11.8. The van der Waals surface area contributed by atoms with Gasteiger partial charge in [-0.3, -0.25) is 9.59 Å². The molecule has 0 fully saturated rings. The highest BCUT2D eigenvalue weighted by Crippen LogP contribution is 2.16. The molecule has 0 radical (unpaired) electrons. The molecule has 0 unspecified atom stereocenters. The summed E-state index contributed by atoms with van der Waals surface area (Å²) >= 11 is 5.77. The zero-order chi connectivity index (χ0) is 15.9. The van der Waals surface area contributed by atoms with Crippen LogP contribution in [0.3, 0.4) is 0 Å². The fraction of sp³-hybridized carbons (Fsp3) is 0.125. The Morgan fingerprint density at radius 2 is 1.50 bits per heavy atom. The lowest BCUT2D eigenvalue weighted by atomic mass is 10.3. The fourth-order valence-corrected chi connectivity index (χ4v) is 1.84. The Labute approximate surface area is 133 Å². The van der Waals surface area contributed by atoms with Gasteiger partial charge in [-0.15, -0.1) is 0 Å². The van der Waals surface area contributed by atoms with Crippen molar-refractivity contribution in [1.29, 1.82) is 0 Å². The predicted molar refractivity (Wildman–Crippen MR) is 86.3 cm³/mol. The van der Waals surface area contributed by atoms with Crippen LogP contribution in [0.15, 0.2) is 48.5 Å². The molecule has 0 saturated carbocycles. The average Bonchev–Trinajstić information content (AvgIpc) is 2.48. The zero-order valence-corrected chi connectivity index (χ0v) is 12.7. The molecule has 22 heavy (non-hydrogen) atoms. The Morgan fingerprint density at radius 1 is 0.955 bits per heavy atom. The lowest BCUT2D eigenvalue weighted by molar-refractivity contribution is -0.118. The Bertz CT molecular complexity index is 654. The molecule has 0 heterocycles. The number of nitrogens with one attached hydrogen (secondary N) is 2. The minimum Gasteiger partial charge on any atom is -0.484 e. The van der Waals surface area contributed by atoms with Crippen molar-refractivity contribution in [2.75, 3.05) is 17.2 Å². The second-order valence-electron chi connectivity index (χ2n) is 4.55. The molecular weight excluding hydrogens is 304 g/mol. The van der Waals surface area contributed by atoms with Crippen LogP contribution in [0, 0.1) is 0 Å². The quantitative estimate of drug-likeness (QED) is 0.888. The highest BCUT2D eigenvalue weighted by Gasteiger charge is 2.04. The summed E-state index contributed by atoms with van der Waals surface area (Å²) in [5, 5.41) is 5.95. The molecule has 5 nitrogen and oxygen atoms in total. The van der Waals surface area contributed by atoms with Gasteiger partial charge in [-0.25, -0.2) is 0 Å². The lowest BCUT2D eigenvalue weighted by Crippen LogP contribution is -2.20. The number of hydrogen-bond donors (Lipinski definition) is 2. The van der Waals surface area contributed by atoms with E-state index in [0.29, 0.717) is 22.1 Å². The molecule has 114 valence electrons. The third-order valence-corrected chi connectivity index (χ3v) is 2.92. The molecule has 0 atom stereocenters. The molecule has 0 spiro atoms. The summed E-state index contributed by atoms with van der Waals surface area (Å²) in [6, 6.07) is 13.6. The number of hydrogen-bond acceptors (Lipinski definition) is 3. The maximum Gasteiger partial charge on any atom is 0.262 e. The molecule has 2 aromatic carbocycles. The van der Waals surface area contributed by atoms with E-state index in [2.05, 4.69) is 10.6 Å². The van der Waals surface area contributed by atoms with Gasteiger partial charge in [0.2, 0.25) is 5.91 Å². The molecule has 0 saturated heterocycles. The van der Waals surface area contributed by atoms with Crippen molar-refractivity contribution < 1.29 is 14.3 Å². The van der Waals surface area contributed by atoms with Crippen molar-refractivity contribution in [3.63, 3.8) is 0 Å². The van der Waals surface area contributed by atoms with E-state index in [9.17, 15) is 9.59 Å². The van der Waals surface area contributed by atoms with Gasteiger partial charge in [0.25, 0.3) is 5.91 Å². The van der Waals surface area contributed by atoms with E-state index in [1.54, 1.807) is 48.5 Å². The summed E-state index contributed by atoms with van der Waals surface area (Å²) in [6.45, 7) is 1.33. The Balaban J connectivity index is 1.83. The molecular formula is C16H15ClN2O3. The summed E-state index contributed by atoms with van der Waals surface area (Å²) in [5.74, 6) is 0.129. The summed E-state index contributed by atoms with van der Waals surface area (Å²) in [6.07, 6.45) is 0. The van der Waals surface area contributed by atoms with Crippen LogP contribution in [-0.2, 0) is 9.59 Å². The van der Waals surface area contributed by atoms with E-state index in [1.807, 2.05) is 0 Å². The predicted octanol–water partition coefficient (Wildman–Crippen LogP) is 3.32. The van der Waals surface area contributed by atoms with Crippen LogP contribution in [0.2, 0.25) is 5.02 Å². The number of carbonyl (C=O) groups excluding carboxylic acids is 2. The molecule has 0 aromatic heterocycles. The van der Waals surface area contributed by atoms with E-state index in [-0.39, 0.29) is 18.4 Å². The van der Waals surface area contributed by atoms with E-state index in [4.69, 9.17) is 16.3 Å². The van der Waals surface area contributed by atoms with Crippen LogP contribution in [-0.4, -0.2) is 18.4 Å². The van der Waals surface area contributed by atoms with Crippen LogP contribution >= 0.6 is 11.6 Å². The van der Waals surface area contributed by atoms with Crippen LogP contribution < -0.4 is 15.4 Å². The first-order valence-corrected chi connectivity index (χ1v) is 6.96. The van der Waals surface area contributed by atoms with Gasteiger partial charge >= 0.3 is 0 Å². The van der Waals surface area contributed by atoms with Gasteiger partial charge in [-0.1, -0.05) is 11.6 Å². The van der Waals surface area contributed by atoms with E-state index >= 15 is 0 Å². The molecule has 2 amide bonds. The van der Waals surface area contributed by atoms with Crippen LogP contribution in [0.25, 0.3) is 0 Å². The van der Waals surface area contributed by atoms with Gasteiger partial charge in [0, 0.05) is 23.3 Å². The SMILES string of the molecule is CC(=O)Nc1ccc(OCC(=O)Nc2ccc(Cl)cc2)cc1. The monoisotopic (exact) mass is 318 g/mol. The molecule has 6 heteroatoms. The second kappa shape index (κ2) is 7.47. The lowest BCUT2D eigenvalue weighted by Gasteiger charge is -2.08. The Morgan fingerprint density at radius 3 is 2.09 bits per heavy atom. The number of ether oxygens (including phenoxy) is 1. The first kappa shape index (κ1) is 15.9. The van der Waals surface area contributed by atoms with E-state index in [0.717, 1.165) is 0 Å². The smallest absolute Gasteiger partial charge is 0.262 e. The second-order valence-corrected chi connectivity index (χ2v) is 4.99. The van der Waals surface area contributed by atoms with E-state index in [1.165, 1.54) is 6.92 Å². The largest absolute Gasteiger partial charge is 0.484 e. The molecule has 0 bridgehead atoms. The average molecular weight is 319 g/mol. The minimum atomic E-state index is -0.270. The number of rotatable bonds is 5. The van der Waals surface area contributed by atoms with Gasteiger partial charge in [-0.05, 0) is 48.5 Å². The van der Waals surface area contributed by atoms with Gasteiger partial charge in [0.1, 0.15) is 5.75 Å². The van der Waals surface area contributed by atoms with E-state index < -0.39 is 0 Å². The molecule has 2 N–H and O–H groups in total. The first-order chi connectivity index (χ1) is 10.5. The highest BCUT2D eigenvalue weighted by atomic mass is 35.5. The van der Waals surface area contributed by atoms with Crippen molar-refractivity contribution in [3.8, 4) is 5.75 Å². The van der Waals surface area contributed by atoms with Gasteiger partial charge < -0.3 is 15.4 Å². The number of amides is 2. The molecule has 0 aliphatic heterocycles. The Hall–Kier alpha value is -2.53. The summed E-state index contributed by atoms with van der Waals surface area (Å²) in [7, 11) is 0. The van der Waals surface area contributed by atoms with Crippen molar-refractivity contribution >= 4 is 34.8 Å². The van der Waals surface area contributed by atoms with Gasteiger partial charge in [0.15, 0.2) is 6.61 Å². The molecule has 2 rings (SSSR count). The number of carbonyl (C=O) groups is 2. The van der Waals surface area contributed by atoms with Crippen molar-refractivity contribution in [3.05, 3.63) is 53.6 Å². The summed E-state index contributed by atoms with van der Waals surface area (Å²) < 4.78 is 5.37. The number of anilines is 2. The normalized spacial score (nSPS) is 9.91. The summed E-state index contributed by atoms with van der Waals surface area (Å²) in [5.41, 5.74) is 1.32. The first-order valence-electron chi connectivity index (χ1n) is 6.59. The zero-order valence-electron chi connectivity index (χ0n) is 11.9. The van der Waals surface area contributed by atoms with Crippen molar-refractivity contribution in [2.24, 2.45) is 0 Å².